The third-order valence-electron chi connectivity index (χ3n) is 3.93. The van der Waals surface area contributed by atoms with Crippen molar-refractivity contribution in [2.75, 3.05) is 0 Å². The second kappa shape index (κ2) is 6.39. The Labute approximate surface area is 130 Å². The van der Waals surface area contributed by atoms with Gasteiger partial charge in [0.25, 0.3) is 0 Å². The molecular weight excluding hydrogens is 276 g/mol. The minimum absolute atomic E-state index is 0. The quantitative estimate of drug-likeness (QED) is 0.803. The summed E-state index contributed by atoms with van der Waals surface area (Å²) in [6.45, 7) is 2.46. The van der Waals surface area contributed by atoms with Crippen molar-refractivity contribution < 1.29 is 1.43 Å². The van der Waals surface area contributed by atoms with Crippen LogP contribution in [0.25, 0.3) is 22.3 Å². The molecule has 1 N–H and O–H groups in total. The molecule has 0 spiro atoms. The highest BCUT2D eigenvalue weighted by atomic mass is 15.3. The van der Waals surface area contributed by atoms with Crippen molar-refractivity contribution in [3.05, 3.63) is 31.0 Å². The molecule has 4 rings (SSSR count). The van der Waals surface area contributed by atoms with Gasteiger partial charge in [0.05, 0.1) is 18.0 Å². The van der Waals surface area contributed by atoms with Crippen molar-refractivity contribution in [1.29, 1.82) is 5.26 Å². The van der Waals surface area contributed by atoms with Crippen molar-refractivity contribution in [2.24, 2.45) is 5.92 Å². The van der Waals surface area contributed by atoms with Gasteiger partial charge >= 0.3 is 0 Å². The Bertz CT molecular complexity index is 796. The summed E-state index contributed by atoms with van der Waals surface area (Å²) in [6.07, 6.45) is 11.5. The summed E-state index contributed by atoms with van der Waals surface area (Å²) in [5.74, 6) is 0.811. The number of nitrogens with one attached hydrogen (secondary N) is 1. The molecule has 0 unspecified atom stereocenters. The highest BCUT2D eigenvalue weighted by molar-refractivity contribution is 5.89. The second-order valence-electron chi connectivity index (χ2n) is 5.43. The van der Waals surface area contributed by atoms with Crippen LogP contribution in [-0.2, 0) is 6.54 Å². The number of aromatic amines is 1. The molecular formula is C16H20N6. The van der Waals surface area contributed by atoms with Crippen LogP contribution in [0, 0.1) is 17.2 Å². The minimum Gasteiger partial charge on any atom is -0.346 e. The number of nitriles is 1. The van der Waals surface area contributed by atoms with E-state index in [-0.39, 0.29) is 1.43 Å². The van der Waals surface area contributed by atoms with Gasteiger partial charge in [0.1, 0.15) is 12.0 Å². The molecule has 3 heterocycles. The first kappa shape index (κ1) is 14.3. The summed E-state index contributed by atoms with van der Waals surface area (Å²) >= 11 is 0. The van der Waals surface area contributed by atoms with Crippen molar-refractivity contribution in [3.8, 4) is 17.3 Å². The number of rotatable bonds is 3. The van der Waals surface area contributed by atoms with Crippen LogP contribution in [0.3, 0.4) is 0 Å². The van der Waals surface area contributed by atoms with Gasteiger partial charge in [-0.05, 0) is 24.8 Å². The molecule has 114 valence electrons. The van der Waals surface area contributed by atoms with Crippen molar-refractivity contribution >= 4 is 11.0 Å². The van der Waals surface area contributed by atoms with Gasteiger partial charge in [0.2, 0.25) is 0 Å². The van der Waals surface area contributed by atoms with E-state index in [2.05, 4.69) is 26.2 Å². The third-order valence-corrected chi connectivity index (χ3v) is 3.93. The average molecular weight is 296 g/mol. The highest BCUT2D eigenvalue weighted by Gasteiger charge is 2.18. The van der Waals surface area contributed by atoms with Crippen LogP contribution in [-0.4, -0.2) is 24.7 Å². The second-order valence-corrected chi connectivity index (χ2v) is 5.43. The lowest BCUT2D eigenvalue weighted by atomic mass is 9.85. The van der Waals surface area contributed by atoms with Crippen molar-refractivity contribution in [3.63, 3.8) is 0 Å². The van der Waals surface area contributed by atoms with E-state index in [4.69, 9.17) is 5.26 Å². The van der Waals surface area contributed by atoms with Crippen LogP contribution < -0.4 is 0 Å². The first-order valence-corrected chi connectivity index (χ1v) is 7.43. The summed E-state index contributed by atoms with van der Waals surface area (Å²) in [5.41, 5.74) is 2.88. The first-order chi connectivity index (χ1) is 10.8. The van der Waals surface area contributed by atoms with Gasteiger partial charge in [0.15, 0.2) is 0 Å². The van der Waals surface area contributed by atoms with Crippen LogP contribution >= 0.6 is 0 Å². The largest absolute Gasteiger partial charge is 0.346 e. The molecule has 1 aliphatic carbocycles. The van der Waals surface area contributed by atoms with Gasteiger partial charge in [-0.3, -0.25) is 4.68 Å². The number of fused-ring (bicyclic) bond motifs is 1. The molecule has 0 saturated heterocycles. The Balaban J connectivity index is 0.000000448. The molecule has 3 aromatic heterocycles. The Morgan fingerprint density at radius 2 is 2.27 bits per heavy atom. The maximum Gasteiger partial charge on any atom is 0.141 e. The topological polar surface area (TPSA) is 83.2 Å². The lowest BCUT2D eigenvalue weighted by Crippen LogP contribution is -2.18. The van der Waals surface area contributed by atoms with Gasteiger partial charge < -0.3 is 4.98 Å². The van der Waals surface area contributed by atoms with Crippen LogP contribution in [0.1, 0.15) is 27.6 Å². The number of H-pyrrole nitrogens is 1. The maximum atomic E-state index is 7.32. The minimum atomic E-state index is 0. The predicted molar refractivity (Wildman–Crippen MR) is 85.9 cm³/mol. The van der Waals surface area contributed by atoms with Gasteiger partial charge in [0, 0.05) is 38.2 Å². The van der Waals surface area contributed by atoms with E-state index in [1.165, 1.54) is 26.2 Å². The molecule has 0 aliphatic heterocycles. The van der Waals surface area contributed by atoms with E-state index in [0.717, 1.165) is 34.8 Å². The highest BCUT2D eigenvalue weighted by Crippen LogP contribution is 2.29. The SMILES string of the molecule is CC#N.[HH].c1nc(-c2cnn(CC3CCC3)c2)c2cc[nH]c2n1. The zero-order valence-electron chi connectivity index (χ0n) is 12.5. The fourth-order valence-corrected chi connectivity index (χ4v) is 2.63. The average Bonchev–Trinajstić information content (AvgIpc) is 3.12. The molecule has 6 heteroatoms. The fourth-order valence-electron chi connectivity index (χ4n) is 2.63. The van der Waals surface area contributed by atoms with Crippen LogP contribution in [0.5, 0.6) is 0 Å². The van der Waals surface area contributed by atoms with E-state index < -0.39 is 0 Å². The lowest BCUT2D eigenvalue weighted by Gasteiger charge is -2.24. The third kappa shape index (κ3) is 2.84. The zero-order chi connectivity index (χ0) is 15.4. The van der Waals surface area contributed by atoms with E-state index in [1.807, 2.05) is 23.1 Å². The van der Waals surface area contributed by atoms with Crippen molar-refractivity contribution in [1.82, 2.24) is 24.7 Å². The van der Waals surface area contributed by atoms with Gasteiger partial charge in [-0.15, -0.1) is 0 Å². The monoisotopic (exact) mass is 296 g/mol. The molecule has 6 nitrogen and oxygen atoms in total. The molecule has 0 bridgehead atoms. The number of nitrogens with zero attached hydrogens (tertiary/aromatic N) is 5. The molecule has 0 atom stereocenters. The summed E-state index contributed by atoms with van der Waals surface area (Å²) in [5, 5.41) is 12.8. The molecule has 22 heavy (non-hydrogen) atoms. The van der Waals surface area contributed by atoms with Crippen LogP contribution in [0.15, 0.2) is 31.0 Å². The van der Waals surface area contributed by atoms with E-state index in [0.29, 0.717) is 0 Å². The summed E-state index contributed by atoms with van der Waals surface area (Å²) < 4.78 is 2.04. The van der Waals surface area contributed by atoms with Gasteiger partial charge in [-0.25, -0.2) is 9.97 Å². The Hall–Kier alpha value is -2.68. The van der Waals surface area contributed by atoms with Crippen LogP contribution in [0.2, 0.25) is 0 Å². The maximum absolute atomic E-state index is 7.32. The standard InChI is InChI=1S/C14H15N5.C2H3N.H2/c1-2-10(3-1)7-19-8-11(6-18-19)13-12-4-5-15-14(12)17-9-16-13;1-2-3;/h4-6,8-10H,1-3,7H2,(H,15,16,17);1H3;1H. The Kier molecular flexibility index (Phi) is 4.15. The van der Waals surface area contributed by atoms with Crippen molar-refractivity contribution in [2.45, 2.75) is 32.7 Å². The zero-order valence-corrected chi connectivity index (χ0v) is 12.5. The molecule has 0 aromatic carbocycles. The van der Waals surface area contributed by atoms with E-state index in [9.17, 15) is 0 Å². The first-order valence-electron chi connectivity index (χ1n) is 7.43. The van der Waals surface area contributed by atoms with E-state index >= 15 is 0 Å². The van der Waals surface area contributed by atoms with Gasteiger partial charge in [-0.2, -0.15) is 10.4 Å². The molecule has 1 aliphatic rings. The normalized spacial score (nSPS) is 14.0. The fraction of sp³-hybridized carbons (Fsp3) is 0.375. The molecule has 3 aromatic rings. The number of aromatic nitrogens is 5. The summed E-state index contributed by atoms with van der Waals surface area (Å²) in [7, 11) is 0. The number of hydrogen-bond acceptors (Lipinski definition) is 4. The number of hydrogen-bond donors (Lipinski definition) is 1. The molecule has 1 fully saturated rings. The molecule has 0 amide bonds. The Morgan fingerprint density at radius 1 is 1.45 bits per heavy atom. The smallest absolute Gasteiger partial charge is 0.141 e. The van der Waals surface area contributed by atoms with Gasteiger partial charge in [-0.1, -0.05) is 6.42 Å². The summed E-state index contributed by atoms with van der Waals surface area (Å²) in [4.78, 5) is 11.7. The summed E-state index contributed by atoms with van der Waals surface area (Å²) in [6, 6.07) is 3.76. The molecule has 1 saturated carbocycles. The Morgan fingerprint density at radius 3 is 3.00 bits per heavy atom. The van der Waals surface area contributed by atoms with E-state index in [1.54, 1.807) is 12.4 Å². The predicted octanol–water partition coefficient (Wildman–Crippen LogP) is 3.40. The van der Waals surface area contributed by atoms with Crippen LogP contribution in [0.4, 0.5) is 0 Å². The molecule has 0 radical (unpaired) electrons. The lowest BCUT2D eigenvalue weighted by molar-refractivity contribution is 0.266.